The maximum atomic E-state index is 12.9. The highest BCUT2D eigenvalue weighted by atomic mass is 19.1. The van der Waals surface area contributed by atoms with Gasteiger partial charge in [-0.15, -0.1) is 0 Å². The van der Waals surface area contributed by atoms with E-state index in [9.17, 15) is 9.18 Å². The highest BCUT2D eigenvalue weighted by molar-refractivity contribution is 5.97. The van der Waals surface area contributed by atoms with Crippen molar-refractivity contribution in [2.75, 3.05) is 12.4 Å². The van der Waals surface area contributed by atoms with Gasteiger partial charge in [0.15, 0.2) is 0 Å². The highest BCUT2D eigenvalue weighted by Crippen LogP contribution is 2.11. The van der Waals surface area contributed by atoms with Crippen LogP contribution >= 0.6 is 0 Å². The van der Waals surface area contributed by atoms with Crippen LogP contribution in [-0.4, -0.2) is 29.2 Å². The number of halogens is 1. The Morgan fingerprint density at radius 3 is 3.11 bits per heavy atom. The molecule has 94 valence electrons. The van der Waals surface area contributed by atoms with Gasteiger partial charge in [0, 0.05) is 7.05 Å². The molecule has 3 N–H and O–H groups in total. The van der Waals surface area contributed by atoms with Gasteiger partial charge in [-0.25, -0.2) is 4.39 Å². The summed E-state index contributed by atoms with van der Waals surface area (Å²) in [6.45, 7) is 0. The number of amides is 1. The van der Waals surface area contributed by atoms with Crippen LogP contribution in [0.3, 0.4) is 0 Å². The summed E-state index contributed by atoms with van der Waals surface area (Å²) in [5.41, 5.74) is 0.954. The van der Waals surface area contributed by atoms with Gasteiger partial charge in [-0.3, -0.25) is 9.89 Å². The van der Waals surface area contributed by atoms with Crippen molar-refractivity contribution in [2.24, 2.45) is 0 Å². The summed E-state index contributed by atoms with van der Waals surface area (Å²) in [7, 11) is 1.70. The molecule has 1 aromatic heterocycles. The molecule has 0 radical (unpaired) electrons. The zero-order valence-corrected chi connectivity index (χ0v) is 9.77. The molecule has 1 aliphatic carbocycles. The normalized spacial score (nSPS) is 18.1. The third kappa shape index (κ3) is 2.65. The molecule has 0 spiro atoms. The summed E-state index contributed by atoms with van der Waals surface area (Å²) < 4.78 is 12.9. The number of rotatable bonds is 3. The Labute approximate surface area is 103 Å². The number of hydrogen-bond acceptors (Lipinski definition) is 3. The molecule has 0 aromatic carbocycles. The van der Waals surface area contributed by atoms with Crippen molar-refractivity contribution in [2.45, 2.75) is 6.04 Å². The lowest BCUT2D eigenvalue weighted by molar-refractivity contribution is 0.0946. The summed E-state index contributed by atoms with van der Waals surface area (Å²) in [4.78, 5) is 11.9. The first-order valence-electron chi connectivity index (χ1n) is 5.45. The SMILES string of the molecule is CNc1cn[nH]c1C(=O)NC1C=CC=C(F)C=C1. The predicted molar refractivity (Wildman–Crippen MR) is 66.9 cm³/mol. The van der Waals surface area contributed by atoms with Crippen molar-refractivity contribution >= 4 is 11.6 Å². The van der Waals surface area contributed by atoms with Gasteiger partial charge >= 0.3 is 0 Å². The molecule has 0 saturated heterocycles. The largest absolute Gasteiger partial charge is 0.385 e. The van der Waals surface area contributed by atoms with E-state index in [0.717, 1.165) is 0 Å². The maximum absolute atomic E-state index is 12.9. The van der Waals surface area contributed by atoms with E-state index < -0.39 is 0 Å². The molecule has 18 heavy (non-hydrogen) atoms. The smallest absolute Gasteiger partial charge is 0.272 e. The van der Waals surface area contributed by atoms with Gasteiger partial charge in [-0.1, -0.05) is 18.2 Å². The zero-order chi connectivity index (χ0) is 13.0. The summed E-state index contributed by atoms with van der Waals surface area (Å²) in [6.07, 6.45) is 8.99. The van der Waals surface area contributed by atoms with E-state index in [2.05, 4.69) is 20.8 Å². The molecule has 1 aliphatic rings. The van der Waals surface area contributed by atoms with Gasteiger partial charge in [0.2, 0.25) is 0 Å². The quantitative estimate of drug-likeness (QED) is 0.759. The Bertz CT molecular complexity index is 530. The minimum atomic E-state index is -0.352. The van der Waals surface area contributed by atoms with Crippen molar-refractivity contribution in [3.63, 3.8) is 0 Å². The van der Waals surface area contributed by atoms with Crippen LogP contribution in [0.15, 0.2) is 42.4 Å². The lowest BCUT2D eigenvalue weighted by Crippen LogP contribution is -2.32. The molecular weight excluding hydrogens is 235 g/mol. The Balaban J connectivity index is 2.07. The molecule has 1 unspecified atom stereocenters. The van der Waals surface area contributed by atoms with Gasteiger partial charge in [0.25, 0.3) is 5.91 Å². The number of hydrogen-bond donors (Lipinski definition) is 3. The van der Waals surface area contributed by atoms with E-state index >= 15 is 0 Å². The average molecular weight is 248 g/mol. The number of anilines is 1. The third-order valence-corrected chi connectivity index (χ3v) is 2.47. The number of aromatic amines is 1. The predicted octanol–water partition coefficient (Wildman–Crippen LogP) is 1.53. The number of nitrogens with zero attached hydrogens (tertiary/aromatic N) is 1. The molecule has 6 heteroatoms. The fraction of sp³-hybridized carbons (Fsp3) is 0.167. The summed E-state index contributed by atoms with van der Waals surface area (Å²) in [6, 6.07) is -0.352. The molecule has 1 atom stereocenters. The lowest BCUT2D eigenvalue weighted by Gasteiger charge is -2.10. The van der Waals surface area contributed by atoms with Crippen LogP contribution in [0.4, 0.5) is 10.1 Å². The molecule has 1 heterocycles. The van der Waals surface area contributed by atoms with Gasteiger partial charge < -0.3 is 10.6 Å². The maximum Gasteiger partial charge on any atom is 0.272 e. The monoisotopic (exact) mass is 248 g/mol. The molecule has 0 fully saturated rings. The number of carbonyl (C=O) groups is 1. The fourth-order valence-electron chi connectivity index (χ4n) is 1.55. The Morgan fingerprint density at radius 1 is 1.50 bits per heavy atom. The van der Waals surface area contributed by atoms with Crippen LogP contribution in [0, 0.1) is 0 Å². The van der Waals surface area contributed by atoms with Crippen LogP contribution < -0.4 is 10.6 Å². The number of H-pyrrole nitrogens is 1. The Morgan fingerprint density at radius 2 is 2.33 bits per heavy atom. The van der Waals surface area contributed by atoms with E-state index in [0.29, 0.717) is 11.4 Å². The fourth-order valence-corrected chi connectivity index (χ4v) is 1.55. The Hall–Kier alpha value is -2.37. The third-order valence-electron chi connectivity index (χ3n) is 2.47. The van der Waals surface area contributed by atoms with Crippen molar-refractivity contribution in [3.05, 3.63) is 48.1 Å². The summed E-state index contributed by atoms with van der Waals surface area (Å²) >= 11 is 0. The molecule has 0 bridgehead atoms. The molecule has 5 nitrogen and oxygen atoms in total. The average Bonchev–Trinajstić information content (AvgIpc) is 2.75. The van der Waals surface area contributed by atoms with Crippen LogP contribution in [0.25, 0.3) is 0 Å². The molecular formula is C12H13FN4O. The zero-order valence-electron chi connectivity index (χ0n) is 9.77. The second-order valence-corrected chi connectivity index (χ2v) is 3.70. The first-order valence-corrected chi connectivity index (χ1v) is 5.45. The van der Waals surface area contributed by atoms with Crippen LogP contribution in [0.2, 0.25) is 0 Å². The van der Waals surface area contributed by atoms with E-state index in [1.807, 2.05) is 0 Å². The number of allylic oxidation sites excluding steroid dienone is 4. The number of aromatic nitrogens is 2. The minimum absolute atomic E-state index is 0.307. The standard InChI is InChI=1S/C12H13FN4O/c1-14-10-7-15-17-11(10)12(18)16-9-4-2-3-8(13)5-6-9/h2-7,9,14H,1H3,(H,15,17)(H,16,18). The van der Waals surface area contributed by atoms with Crippen LogP contribution in [0.1, 0.15) is 10.5 Å². The first kappa shape index (κ1) is 12.1. The molecule has 1 aromatic rings. The second kappa shape index (κ2) is 5.31. The van der Waals surface area contributed by atoms with Crippen LogP contribution in [0.5, 0.6) is 0 Å². The second-order valence-electron chi connectivity index (χ2n) is 3.70. The van der Waals surface area contributed by atoms with E-state index in [4.69, 9.17) is 0 Å². The van der Waals surface area contributed by atoms with Gasteiger partial charge in [-0.05, 0) is 12.2 Å². The van der Waals surface area contributed by atoms with Crippen molar-refractivity contribution in [3.8, 4) is 0 Å². The van der Waals surface area contributed by atoms with E-state index in [1.54, 1.807) is 25.3 Å². The highest BCUT2D eigenvalue weighted by Gasteiger charge is 2.15. The van der Waals surface area contributed by atoms with Crippen molar-refractivity contribution < 1.29 is 9.18 Å². The van der Waals surface area contributed by atoms with Crippen molar-refractivity contribution in [1.29, 1.82) is 0 Å². The van der Waals surface area contributed by atoms with Gasteiger partial charge in [-0.2, -0.15) is 5.10 Å². The molecule has 1 amide bonds. The van der Waals surface area contributed by atoms with Crippen molar-refractivity contribution in [1.82, 2.24) is 15.5 Å². The van der Waals surface area contributed by atoms with E-state index in [1.165, 1.54) is 18.3 Å². The molecule has 0 aliphatic heterocycles. The number of carbonyl (C=O) groups excluding carboxylic acids is 1. The summed E-state index contributed by atoms with van der Waals surface area (Å²) in [5.74, 6) is -0.654. The lowest BCUT2D eigenvalue weighted by atomic mass is 10.2. The molecule has 2 rings (SSSR count). The first-order chi connectivity index (χ1) is 8.70. The van der Waals surface area contributed by atoms with Gasteiger partial charge in [0.1, 0.15) is 11.5 Å². The summed E-state index contributed by atoms with van der Waals surface area (Å²) in [5, 5.41) is 12.0. The molecule has 0 saturated carbocycles. The topological polar surface area (TPSA) is 69.8 Å². The Kier molecular flexibility index (Phi) is 3.57. The van der Waals surface area contributed by atoms with Crippen LogP contribution in [-0.2, 0) is 0 Å². The van der Waals surface area contributed by atoms with E-state index in [-0.39, 0.29) is 17.8 Å². The minimum Gasteiger partial charge on any atom is -0.385 e. The van der Waals surface area contributed by atoms with Gasteiger partial charge in [0.05, 0.1) is 17.9 Å². The number of nitrogens with one attached hydrogen (secondary N) is 3.